The van der Waals surface area contributed by atoms with Crippen LogP contribution < -0.4 is 5.32 Å². The van der Waals surface area contributed by atoms with Crippen LogP contribution in [-0.2, 0) is 4.74 Å². The molecule has 2 rings (SSSR count). The Labute approximate surface area is 104 Å². The average Bonchev–Trinajstić information content (AvgIpc) is 3.13. The molecule has 2 heteroatoms. The predicted octanol–water partition coefficient (Wildman–Crippen LogP) is 2.87. The van der Waals surface area contributed by atoms with E-state index in [9.17, 15) is 0 Å². The summed E-state index contributed by atoms with van der Waals surface area (Å²) in [6, 6.07) is 9.63. The SMILES string of the molecule is COCCC(CNC1CC1)c1cccc(C)c1. The van der Waals surface area contributed by atoms with Gasteiger partial charge in [-0.3, -0.25) is 0 Å². The number of hydrogen-bond donors (Lipinski definition) is 1. The summed E-state index contributed by atoms with van der Waals surface area (Å²) in [4.78, 5) is 0. The van der Waals surface area contributed by atoms with E-state index in [4.69, 9.17) is 4.74 Å². The molecule has 1 aliphatic carbocycles. The van der Waals surface area contributed by atoms with Gasteiger partial charge in [0.1, 0.15) is 0 Å². The van der Waals surface area contributed by atoms with Gasteiger partial charge in [-0.15, -0.1) is 0 Å². The number of aryl methyl sites for hydroxylation is 1. The van der Waals surface area contributed by atoms with Crippen molar-refractivity contribution in [2.45, 2.75) is 38.1 Å². The van der Waals surface area contributed by atoms with Crippen LogP contribution in [0.5, 0.6) is 0 Å². The molecule has 2 nitrogen and oxygen atoms in total. The van der Waals surface area contributed by atoms with Gasteiger partial charge in [0.2, 0.25) is 0 Å². The lowest BCUT2D eigenvalue weighted by molar-refractivity contribution is 0.187. The van der Waals surface area contributed by atoms with E-state index in [1.54, 1.807) is 7.11 Å². The van der Waals surface area contributed by atoms with Gasteiger partial charge >= 0.3 is 0 Å². The van der Waals surface area contributed by atoms with Crippen molar-refractivity contribution < 1.29 is 4.74 Å². The third kappa shape index (κ3) is 4.14. The molecular weight excluding hydrogens is 210 g/mol. The Kier molecular flexibility index (Phi) is 4.57. The van der Waals surface area contributed by atoms with E-state index in [0.717, 1.165) is 25.6 Å². The smallest absolute Gasteiger partial charge is 0.0468 e. The third-order valence-electron chi connectivity index (χ3n) is 3.41. The fourth-order valence-corrected chi connectivity index (χ4v) is 2.17. The zero-order chi connectivity index (χ0) is 12.1. The van der Waals surface area contributed by atoms with Crippen LogP contribution in [0.3, 0.4) is 0 Å². The summed E-state index contributed by atoms with van der Waals surface area (Å²) in [7, 11) is 1.78. The number of nitrogens with one attached hydrogen (secondary N) is 1. The number of ether oxygens (including phenoxy) is 1. The molecule has 1 fully saturated rings. The van der Waals surface area contributed by atoms with Crippen LogP contribution in [-0.4, -0.2) is 26.3 Å². The van der Waals surface area contributed by atoms with Crippen LogP contribution in [0.15, 0.2) is 24.3 Å². The van der Waals surface area contributed by atoms with Crippen molar-refractivity contribution >= 4 is 0 Å². The van der Waals surface area contributed by atoms with Crippen LogP contribution in [0.2, 0.25) is 0 Å². The maximum absolute atomic E-state index is 5.22. The number of hydrogen-bond acceptors (Lipinski definition) is 2. The molecule has 0 bridgehead atoms. The zero-order valence-corrected chi connectivity index (χ0v) is 10.9. The van der Waals surface area contributed by atoms with Crippen LogP contribution in [0.1, 0.15) is 36.3 Å². The summed E-state index contributed by atoms with van der Waals surface area (Å²) in [5.41, 5.74) is 2.78. The molecule has 0 aliphatic heterocycles. The van der Waals surface area contributed by atoms with Crippen LogP contribution in [0.25, 0.3) is 0 Å². The first-order valence-electron chi connectivity index (χ1n) is 6.58. The lowest BCUT2D eigenvalue weighted by Crippen LogP contribution is -2.24. The second-order valence-electron chi connectivity index (χ2n) is 5.08. The standard InChI is InChI=1S/C15H23NO/c1-12-4-3-5-13(10-12)14(8-9-17-2)11-16-15-6-7-15/h3-5,10,14-16H,6-9,11H2,1-2H3. The van der Waals surface area contributed by atoms with Crippen molar-refractivity contribution in [1.82, 2.24) is 5.32 Å². The summed E-state index contributed by atoms with van der Waals surface area (Å²) < 4.78 is 5.22. The molecule has 94 valence electrons. The van der Waals surface area contributed by atoms with E-state index in [2.05, 4.69) is 36.5 Å². The summed E-state index contributed by atoms with van der Waals surface area (Å²) in [5.74, 6) is 0.579. The summed E-state index contributed by atoms with van der Waals surface area (Å²) in [6.07, 6.45) is 3.80. The third-order valence-corrected chi connectivity index (χ3v) is 3.41. The minimum Gasteiger partial charge on any atom is -0.385 e. The van der Waals surface area contributed by atoms with Crippen molar-refractivity contribution in [3.05, 3.63) is 35.4 Å². The molecule has 1 atom stereocenters. The highest BCUT2D eigenvalue weighted by atomic mass is 16.5. The first kappa shape index (κ1) is 12.6. The molecule has 1 N–H and O–H groups in total. The Hall–Kier alpha value is -0.860. The first-order valence-corrected chi connectivity index (χ1v) is 6.58. The fourth-order valence-electron chi connectivity index (χ4n) is 2.17. The monoisotopic (exact) mass is 233 g/mol. The number of benzene rings is 1. The largest absolute Gasteiger partial charge is 0.385 e. The van der Waals surface area contributed by atoms with E-state index in [1.165, 1.54) is 24.0 Å². The molecule has 1 aromatic rings. The molecule has 0 amide bonds. The molecule has 17 heavy (non-hydrogen) atoms. The van der Waals surface area contributed by atoms with Gasteiger partial charge in [-0.05, 0) is 37.7 Å². The minimum atomic E-state index is 0.579. The predicted molar refractivity (Wildman–Crippen MR) is 71.4 cm³/mol. The van der Waals surface area contributed by atoms with E-state index in [-0.39, 0.29) is 0 Å². The van der Waals surface area contributed by atoms with Crippen LogP contribution in [0.4, 0.5) is 0 Å². The summed E-state index contributed by atoms with van der Waals surface area (Å²) >= 11 is 0. The molecular formula is C15H23NO. The van der Waals surface area contributed by atoms with Crippen molar-refractivity contribution in [3.8, 4) is 0 Å². The minimum absolute atomic E-state index is 0.579. The fraction of sp³-hybridized carbons (Fsp3) is 0.600. The van der Waals surface area contributed by atoms with Crippen LogP contribution >= 0.6 is 0 Å². The molecule has 0 spiro atoms. The van der Waals surface area contributed by atoms with Crippen molar-refractivity contribution in [3.63, 3.8) is 0 Å². The van der Waals surface area contributed by atoms with E-state index >= 15 is 0 Å². The molecule has 0 heterocycles. The Bertz CT molecular complexity index is 347. The molecule has 0 aromatic heterocycles. The summed E-state index contributed by atoms with van der Waals surface area (Å²) in [6.45, 7) is 4.08. The molecule has 0 radical (unpaired) electrons. The lowest BCUT2D eigenvalue weighted by Gasteiger charge is -2.18. The average molecular weight is 233 g/mol. The van der Waals surface area contributed by atoms with Gasteiger partial charge in [0.15, 0.2) is 0 Å². The van der Waals surface area contributed by atoms with Crippen molar-refractivity contribution in [1.29, 1.82) is 0 Å². The molecule has 1 unspecified atom stereocenters. The van der Waals surface area contributed by atoms with Gasteiger partial charge in [0.05, 0.1) is 0 Å². The topological polar surface area (TPSA) is 21.3 Å². The second-order valence-corrected chi connectivity index (χ2v) is 5.08. The Morgan fingerprint density at radius 2 is 2.24 bits per heavy atom. The Morgan fingerprint density at radius 3 is 2.88 bits per heavy atom. The molecule has 1 aliphatic rings. The Morgan fingerprint density at radius 1 is 1.41 bits per heavy atom. The molecule has 1 saturated carbocycles. The number of methoxy groups -OCH3 is 1. The second kappa shape index (κ2) is 6.18. The Balaban J connectivity index is 1.96. The zero-order valence-electron chi connectivity index (χ0n) is 10.9. The van der Waals surface area contributed by atoms with Crippen LogP contribution in [0, 0.1) is 6.92 Å². The van der Waals surface area contributed by atoms with Gasteiger partial charge in [-0.25, -0.2) is 0 Å². The van der Waals surface area contributed by atoms with E-state index < -0.39 is 0 Å². The highest BCUT2D eigenvalue weighted by Crippen LogP contribution is 2.23. The quantitative estimate of drug-likeness (QED) is 0.782. The van der Waals surface area contributed by atoms with Gasteiger partial charge < -0.3 is 10.1 Å². The van der Waals surface area contributed by atoms with Gasteiger partial charge in [0.25, 0.3) is 0 Å². The van der Waals surface area contributed by atoms with E-state index in [1.807, 2.05) is 0 Å². The molecule has 0 saturated heterocycles. The highest BCUT2D eigenvalue weighted by Gasteiger charge is 2.22. The first-order chi connectivity index (χ1) is 8.29. The van der Waals surface area contributed by atoms with Crippen molar-refractivity contribution in [2.24, 2.45) is 0 Å². The van der Waals surface area contributed by atoms with Crippen molar-refractivity contribution in [2.75, 3.05) is 20.3 Å². The lowest BCUT2D eigenvalue weighted by atomic mass is 9.94. The van der Waals surface area contributed by atoms with Gasteiger partial charge in [-0.1, -0.05) is 29.8 Å². The van der Waals surface area contributed by atoms with Gasteiger partial charge in [-0.2, -0.15) is 0 Å². The number of rotatable bonds is 7. The normalized spacial score (nSPS) is 17.1. The summed E-state index contributed by atoms with van der Waals surface area (Å²) in [5, 5.41) is 3.63. The maximum Gasteiger partial charge on any atom is 0.0468 e. The maximum atomic E-state index is 5.22. The van der Waals surface area contributed by atoms with Gasteiger partial charge in [0, 0.05) is 26.3 Å². The highest BCUT2D eigenvalue weighted by molar-refractivity contribution is 5.25. The van der Waals surface area contributed by atoms with E-state index in [0.29, 0.717) is 5.92 Å². The molecule has 1 aromatic carbocycles.